The van der Waals surface area contributed by atoms with E-state index in [1.807, 2.05) is 17.5 Å². The minimum Gasteiger partial charge on any atom is -0.306 e. The van der Waals surface area contributed by atoms with Gasteiger partial charge in [0.15, 0.2) is 5.82 Å². The minimum absolute atomic E-state index is 0.0127. The number of amides is 1. The van der Waals surface area contributed by atoms with Gasteiger partial charge in [0.05, 0.1) is 4.88 Å². The Hall–Kier alpha value is -2.33. The predicted octanol–water partition coefficient (Wildman–Crippen LogP) is 4.40. The Morgan fingerprint density at radius 3 is 2.54 bits per heavy atom. The van der Waals surface area contributed by atoms with E-state index in [4.69, 9.17) is 0 Å². The van der Waals surface area contributed by atoms with Crippen LogP contribution in [0.1, 0.15) is 10.4 Å². The number of halogens is 3. The number of carbonyl (C=O) groups is 1. The Kier molecular flexibility index (Phi) is 4.58. The monoisotopic (exact) mass is 370 g/mol. The number of alkyl halides is 3. The van der Waals surface area contributed by atoms with Gasteiger partial charge in [0.25, 0.3) is 5.91 Å². The van der Waals surface area contributed by atoms with E-state index in [-0.39, 0.29) is 28.2 Å². The van der Waals surface area contributed by atoms with Gasteiger partial charge < -0.3 is 4.98 Å². The largest absolute Gasteiger partial charge is 0.446 e. The molecule has 0 saturated carbocycles. The fourth-order valence-corrected chi connectivity index (χ4v) is 3.03. The van der Waals surface area contributed by atoms with Crippen LogP contribution in [0.3, 0.4) is 0 Å². The van der Waals surface area contributed by atoms with E-state index in [9.17, 15) is 18.0 Å². The fraction of sp³-hybridized carbons (Fsp3) is 0.0714. The van der Waals surface area contributed by atoms with Crippen LogP contribution in [0.2, 0.25) is 0 Å². The van der Waals surface area contributed by atoms with E-state index in [2.05, 4.69) is 20.5 Å². The number of aromatic nitrogens is 3. The first-order chi connectivity index (χ1) is 11.4. The maximum atomic E-state index is 12.3. The maximum absolute atomic E-state index is 12.3. The number of carbonyl (C=O) groups excluding carboxylic acids is 1. The van der Waals surface area contributed by atoms with Crippen LogP contribution in [0.15, 0.2) is 46.7 Å². The molecule has 1 amide bonds. The van der Waals surface area contributed by atoms with E-state index >= 15 is 0 Å². The molecule has 10 heteroatoms. The van der Waals surface area contributed by atoms with Crippen molar-refractivity contribution in [3.63, 3.8) is 0 Å². The molecule has 2 N–H and O–H groups in total. The molecule has 124 valence electrons. The van der Waals surface area contributed by atoms with Crippen molar-refractivity contribution in [1.82, 2.24) is 15.2 Å². The van der Waals surface area contributed by atoms with Crippen LogP contribution in [-0.4, -0.2) is 26.6 Å². The summed E-state index contributed by atoms with van der Waals surface area (Å²) < 4.78 is 36.8. The van der Waals surface area contributed by atoms with Gasteiger partial charge in [-0.3, -0.25) is 10.1 Å². The van der Waals surface area contributed by atoms with Gasteiger partial charge in [-0.25, -0.2) is 0 Å². The van der Waals surface area contributed by atoms with Crippen molar-refractivity contribution in [3.8, 4) is 10.7 Å². The van der Waals surface area contributed by atoms with Crippen molar-refractivity contribution in [2.24, 2.45) is 0 Å². The lowest BCUT2D eigenvalue weighted by molar-refractivity contribution is -0.0328. The summed E-state index contributed by atoms with van der Waals surface area (Å²) in [5.74, 6) is 0.196. The molecule has 0 radical (unpaired) electrons. The van der Waals surface area contributed by atoms with E-state index in [1.54, 1.807) is 0 Å². The lowest BCUT2D eigenvalue weighted by atomic mass is 10.2. The first-order valence-corrected chi connectivity index (χ1v) is 8.24. The summed E-state index contributed by atoms with van der Waals surface area (Å²) in [4.78, 5) is 15.8. The second-order valence-electron chi connectivity index (χ2n) is 4.53. The number of nitrogens with one attached hydrogen (secondary N) is 2. The highest BCUT2D eigenvalue weighted by atomic mass is 32.2. The van der Waals surface area contributed by atoms with Crippen LogP contribution in [0.25, 0.3) is 10.7 Å². The quantitative estimate of drug-likeness (QED) is 0.668. The Morgan fingerprint density at radius 1 is 1.17 bits per heavy atom. The first kappa shape index (κ1) is 16.5. The number of H-pyrrole nitrogens is 1. The van der Waals surface area contributed by atoms with Gasteiger partial charge in [-0.15, -0.1) is 21.5 Å². The van der Waals surface area contributed by atoms with Crippen LogP contribution < -0.4 is 5.32 Å². The second-order valence-corrected chi connectivity index (χ2v) is 6.61. The van der Waals surface area contributed by atoms with Crippen molar-refractivity contribution >= 4 is 35.0 Å². The van der Waals surface area contributed by atoms with E-state index in [1.165, 1.54) is 35.6 Å². The SMILES string of the molecule is O=C(Nc1nnc(-c2cccs2)[nH]1)c1ccc(SC(F)(F)F)cc1. The molecule has 0 unspecified atom stereocenters. The van der Waals surface area contributed by atoms with E-state index < -0.39 is 11.4 Å². The molecule has 24 heavy (non-hydrogen) atoms. The number of hydrogen-bond donors (Lipinski definition) is 2. The highest BCUT2D eigenvalue weighted by Crippen LogP contribution is 2.36. The average Bonchev–Trinajstić information content (AvgIpc) is 3.16. The molecule has 0 bridgehead atoms. The number of nitrogens with zero attached hydrogens (tertiary/aromatic N) is 2. The molecule has 0 saturated heterocycles. The Balaban J connectivity index is 1.67. The highest BCUT2D eigenvalue weighted by Gasteiger charge is 2.29. The summed E-state index contributed by atoms with van der Waals surface area (Å²) in [6.45, 7) is 0. The molecule has 0 aliphatic heterocycles. The van der Waals surface area contributed by atoms with Crippen LogP contribution in [0.4, 0.5) is 19.1 Å². The average molecular weight is 370 g/mol. The molecular weight excluding hydrogens is 361 g/mol. The first-order valence-electron chi connectivity index (χ1n) is 6.54. The summed E-state index contributed by atoms with van der Waals surface area (Å²) in [5.41, 5.74) is -4.14. The maximum Gasteiger partial charge on any atom is 0.446 e. The summed E-state index contributed by atoms with van der Waals surface area (Å²) in [7, 11) is 0. The van der Waals surface area contributed by atoms with Crippen molar-refractivity contribution < 1.29 is 18.0 Å². The van der Waals surface area contributed by atoms with E-state index in [0.29, 0.717) is 5.82 Å². The fourth-order valence-electron chi connectivity index (χ4n) is 1.83. The van der Waals surface area contributed by atoms with Crippen molar-refractivity contribution in [3.05, 3.63) is 47.3 Å². The lowest BCUT2D eigenvalue weighted by Crippen LogP contribution is -2.13. The molecule has 2 aromatic heterocycles. The van der Waals surface area contributed by atoms with Crippen molar-refractivity contribution in [2.75, 3.05) is 5.32 Å². The molecule has 0 aliphatic carbocycles. The highest BCUT2D eigenvalue weighted by molar-refractivity contribution is 8.00. The van der Waals surface area contributed by atoms with Gasteiger partial charge >= 0.3 is 5.51 Å². The Labute approximate surface area is 142 Å². The third-order valence-corrected chi connectivity index (χ3v) is 4.44. The predicted molar refractivity (Wildman–Crippen MR) is 86.0 cm³/mol. The molecule has 2 heterocycles. The van der Waals surface area contributed by atoms with Gasteiger partial charge in [-0.1, -0.05) is 6.07 Å². The molecular formula is C14H9F3N4OS2. The van der Waals surface area contributed by atoms with Gasteiger partial charge in [-0.2, -0.15) is 13.2 Å². The van der Waals surface area contributed by atoms with Crippen molar-refractivity contribution in [2.45, 2.75) is 10.4 Å². The van der Waals surface area contributed by atoms with Gasteiger partial charge in [-0.05, 0) is 47.5 Å². The molecule has 0 spiro atoms. The van der Waals surface area contributed by atoms with Gasteiger partial charge in [0.2, 0.25) is 5.95 Å². The smallest absolute Gasteiger partial charge is 0.306 e. The molecule has 0 aliphatic rings. The molecule has 3 rings (SSSR count). The third kappa shape index (κ3) is 4.15. The Morgan fingerprint density at radius 2 is 1.92 bits per heavy atom. The van der Waals surface area contributed by atoms with E-state index in [0.717, 1.165) is 4.88 Å². The summed E-state index contributed by atoms with van der Waals surface area (Å²) in [6, 6.07) is 8.84. The number of aromatic amines is 1. The summed E-state index contributed by atoms with van der Waals surface area (Å²) >= 11 is 1.24. The van der Waals surface area contributed by atoms with Crippen LogP contribution in [-0.2, 0) is 0 Å². The zero-order valence-electron chi connectivity index (χ0n) is 11.8. The van der Waals surface area contributed by atoms with Gasteiger partial charge in [0, 0.05) is 10.5 Å². The number of anilines is 1. The second kappa shape index (κ2) is 6.65. The number of hydrogen-bond acceptors (Lipinski definition) is 5. The number of thiophene rings is 1. The number of rotatable bonds is 4. The van der Waals surface area contributed by atoms with Gasteiger partial charge in [0.1, 0.15) is 0 Å². The Bertz CT molecular complexity index is 829. The van der Waals surface area contributed by atoms with Crippen LogP contribution >= 0.6 is 23.1 Å². The standard InChI is InChI=1S/C14H9F3N4OS2/c15-14(16,17)24-9-5-3-8(4-6-9)12(22)19-13-18-11(20-21-13)10-2-1-7-23-10/h1-7H,(H2,18,19,20,21,22). The molecule has 1 aromatic carbocycles. The number of thioether (sulfide) groups is 1. The third-order valence-electron chi connectivity index (χ3n) is 2.82. The van der Waals surface area contributed by atoms with Crippen LogP contribution in [0.5, 0.6) is 0 Å². The number of benzene rings is 1. The summed E-state index contributed by atoms with van der Waals surface area (Å²) in [6.07, 6.45) is 0. The van der Waals surface area contributed by atoms with Crippen molar-refractivity contribution in [1.29, 1.82) is 0 Å². The zero-order valence-corrected chi connectivity index (χ0v) is 13.4. The minimum atomic E-state index is -4.36. The molecule has 3 aromatic rings. The molecule has 5 nitrogen and oxygen atoms in total. The lowest BCUT2D eigenvalue weighted by Gasteiger charge is -2.06. The topological polar surface area (TPSA) is 70.7 Å². The summed E-state index contributed by atoms with van der Waals surface area (Å²) in [5, 5.41) is 12.1. The molecule has 0 atom stereocenters. The van der Waals surface area contributed by atoms with Crippen LogP contribution in [0, 0.1) is 0 Å². The normalized spacial score (nSPS) is 11.5. The molecule has 0 fully saturated rings. The zero-order chi connectivity index (χ0) is 17.2.